The summed E-state index contributed by atoms with van der Waals surface area (Å²) in [6, 6.07) is 6.03. The van der Waals surface area contributed by atoms with Crippen LogP contribution >= 0.6 is 11.3 Å². The van der Waals surface area contributed by atoms with Gasteiger partial charge in [-0.15, -0.1) is 11.3 Å². The molecule has 2 heterocycles. The van der Waals surface area contributed by atoms with Gasteiger partial charge in [-0.1, -0.05) is 18.9 Å². The molecular formula is C23H28N2O3S. The van der Waals surface area contributed by atoms with Crippen molar-refractivity contribution in [2.24, 2.45) is 0 Å². The van der Waals surface area contributed by atoms with E-state index >= 15 is 0 Å². The Balaban J connectivity index is 1.28. The van der Waals surface area contributed by atoms with Gasteiger partial charge in [0.1, 0.15) is 13.2 Å². The monoisotopic (exact) mass is 412 g/mol. The summed E-state index contributed by atoms with van der Waals surface area (Å²) in [5, 5.41) is 4.39. The van der Waals surface area contributed by atoms with Gasteiger partial charge < -0.3 is 14.8 Å². The number of fused-ring (bicyclic) bond motifs is 2. The molecule has 2 aliphatic carbocycles. The minimum absolute atomic E-state index is 0.146. The minimum Gasteiger partial charge on any atom is -0.486 e. The number of hydrogen-bond donors (Lipinski definition) is 1. The first-order chi connectivity index (χ1) is 14.2. The van der Waals surface area contributed by atoms with Crippen LogP contribution in [0.5, 0.6) is 11.5 Å². The fraction of sp³-hybridized carbons (Fsp3) is 0.565. The van der Waals surface area contributed by atoms with Crippen LogP contribution in [-0.2, 0) is 29.5 Å². The van der Waals surface area contributed by atoms with E-state index in [0.29, 0.717) is 19.8 Å². The zero-order valence-electron chi connectivity index (χ0n) is 16.8. The first-order valence-electron chi connectivity index (χ1n) is 10.9. The Kier molecular flexibility index (Phi) is 5.20. The maximum atomic E-state index is 13.3. The van der Waals surface area contributed by atoms with Gasteiger partial charge in [0.05, 0.1) is 16.1 Å². The molecule has 6 heteroatoms. The summed E-state index contributed by atoms with van der Waals surface area (Å²) in [5.74, 6) is 1.69. The number of carbonyl (C=O) groups excluding carboxylic acids is 1. The molecule has 0 radical (unpaired) electrons. The smallest absolute Gasteiger partial charge is 0.230 e. The van der Waals surface area contributed by atoms with E-state index in [0.717, 1.165) is 60.6 Å². The average molecular weight is 413 g/mol. The number of aromatic nitrogens is 1. The van der Waals surface area contributed by atoms with Gasteiger partial charge in [-0.05, 0) is 56.2 Å². The molecule has 0 saturated heterocycles. The van der Waals surface area contributed by atoms with Crippen LogP contribution in [-0.4, -0.2) is 30.6 Å². The van der Waals surface area contributed by atoms with Crippen molar-refractivity contribution in [3.63, 3.8) is 0 Å². The van der Waals surface area contributed by atoms with Crippen molar-refractivity contribution < 1.29 is 14.3 Å². The highest BCUT2D eigenvalue weighted by atomic mass is 32.1. The number of thiazole rings is 1. The van der Waals surface area contributed by atoms with Gasteiger partial charge in [-0.3, -0.25) is 4.79 Å². The SMILES string of the molecule is O=C(NCCc1nc2c(s1)CCCC2)C1(c2ccc3c(c2)OCCO3)CCCC1. The Morgan fingerprint density at radius 2 is 1.86 bits per heavy atom. The number of amides is 1. The summed E-state index contributed by atoms with van der Waals surface area (Å²) in [6.07, 6.45) is 9.60. The fourth-order valence-corrected chi connectivity index (χ4v) is 6.09. The van der Waals surface area contributed by atoms with Crippen molar-refractivity contribution >= 4 is 17.2 Å². The van der Waals surface area contributed by atoms with Crippen LogP contribution in [0.1, 0.15) is 59.7 Å². The average Bonchev–Trinajstić information content (AvgIpc) is 3.41. The number of rotatable bonds is 5. The topological polar surface area (TPSA) is 60.5 Å². The highest BCUT2D eigenvalue weighted by Gasteiger charge is 2.43. The van der Waals surface area contributed by atoms with E-state index < -0.39 is 5.41 Å². The maximum Gasteiger partial charge on any atom is 0.230 e. The van der Waals surface area contributed by atoms with Crippen molar-refractivity contribution in [2.75, 3.05) is 19.8 Å². The summed E-state index contributed by atoms with van der Waals surface area (Å²) in [4.78, 5) is 19.6. The molecule has 0 bridgehead atoms. The lowest BCUT2D eigenvalue weighted by Gasteiger charge is -2.30. The molecule has 1 aromatic carbocycles. The van der Waals surface area contributed by atoms with Gasteiger partial charge in [0.2, 0.25) is 5.91 Å². The van der Waals surface area contributed by atoms with Gasteiger partial charge in [-0.2, -0.15) is 0 Å². The van der Waals surface area contributed by atoms with Crippen LogP contribution in [0.4, 0.5) is 0 Å². The summed E-state index contributed by atoms with van der Waals surface area (Å²) < 4.78 is 11.4. The van der Waals surface area contributed by atoms with E-state index in [1.54, 1.807) is 0 Å². The molecule has 1 saturated carbocycles. The van der Waals surface area contributed by atoms with E-state index in [2.05, 4.69) is 5.32 Å². The normalized spacial score (nSPS) is 19.6. The molecule has 0 spiro atoms. The molecule has 1 aliphatic heterocycles. The van der Waals surface area contributed by atoms with Crippen molar-refractivity contribution in [1.29, 1.82) is 0 Å². The van der Waals surface area contributed by atoms with Crippen molar-refractivity contribution in [1.82, 2.24) is 10.3 Å². The molecule has 1 aromatic heterocycles. The Labute approximate surface area is 175 Å². The predicted molar refractivity (Wildman–Crippen MR) is 113 cm³/mol. The Bertz CT molecular complexity index is 878. The lowest BCUT2D eigenvalue weighted by molar-refractivity contribution is -0.126. The largest absolute Gasteiger partial charge is 0.486 e. The molecule has 0 atom stereocenters. The minimum atomic E-state index is -0.446. The molecule has 29 heavy (non-hydrogen) atoms. The molecular weight excluding hydrogens is 384 g/mol. The van der Waals surface area contributed by atoms with E-state index in [-0.39, 0.29) is 5.91 Å². The summed E-state index contributed by atoms with van der Waals surface area (Å²) in [7, 11) is 0. The lowest BCUT2D eigenvalue weighted by Crippen LogP contribution is -2.43. The van der Waals surface area contributed by atoms with Crippen molar-refractivity contribution in [2.45, 2.75) is 63.2 Å². The first kappa shape index (κ1) is 18.9. The third-order valence-electron chi connectivity index (χ3n) is 6.50. The van der Waals surface area contributed by atoms with E-state index in [1.165, 1.54) is 29.8 Å². The van der Waals surface area contributed by atoms with E-state index in [1.807, 2.05) is 29.5 Å². The highest BCUT2D eigenvalue weighted by molar-refractivity contribution is 7.11. The Morgan fingerprint density at radius 1 is 1.07 bits per heavy atom. The van der Waals surface area contributed by atoms with Crippen LogP contribution < -0.4 is 14.8 Å². The molecule has 5 rings (SSSR count). The van der Waals surface area contributed by atoms with E-state index in [9.17, 15) is 4.79 Å². The number of hydrogen-bond acceptors (Lipinski definition) is 5. The summed E-state index contributed by atoms with van der Waals surface area (Å²) in [5.41, 5.74) is 1.91. The maximum absolute atomic E-state index is 13.3. The Hall–Kier alpha value is -2.08. The van der Waals surface area contributed by atoms with Gasteiger partial charge >= 0.3 is 0 Å². The standard InChI is InChI=1S/C23H28N2O3S/c26-22(24-12-9-21-25-17-5-1-2-6-20(17)29-21)23(10-3-4-11-23)16-7-8-18-19(15-16)28-14-13-27-18/h7-8,15H,1-6,9-14H2,(H,24,26). The third kappa shape index (κ3) is 3.63. The molecule has 1 N–H and O–H groups in total. The van der Waals surface area contributed by atoms with Gasteiger partial charge in [0, 0.05) is 17.8 Å². The number of nitrogens with one attached hydrogen (secondary N) is 1. The zero-order chi connectivity index (χ0) is 19.7. The highest BCUT2D eigenvalue weighted by Crippen LogP contribution is 2.44. The lowest BCUT2D eigenvalue weighted by atomic mass is 9.77. The Morgan fingerprint density at radius 3 is 2.69 bits per heavy atom. The third-order valence-corrected chi connectivity index (χ3v) is 7.72. The molecule has 3 aliphatic rings. The molecule has 2 aromatic rings. The van der Waals surface area contributed by atoms with Gasteiger partial charge in [-0.25, -0.2) is 4.98 Å². The quantitative estimate of drug-likeness (QED) is 0.807. The van der Waals surface area contributed by atoms with Gasteiger partial charge in [0.25, 0.3) is 0 Å². The summed E-state index contributed by atoms with van der Waals surface area (Å²) in [6.45, 7) is 1.79. The number of ether oxygens (including phenoxy) is 2. The predicted octanol–water partition coefficient (Wildman–Crippen LogP) is 3.96. The number of nitrogens with zero attached hydrogens (tertiary/aromatic N) is 1. The van der Waals surface area contributed by atoms with Gasteiger partial charge in [0.15, 0.2) is 11.5 Å². The van der Waals surface area contributed by atoms with E-state index in [4.69, 9.17) is 14.5 Å². The molecule has 5 nitrogen and oxygen atoms in total. The molecule has 1 amide bonds. The van der Waals surface area contributed by atoms with Crippen molar-refractivity contribution in [3.05, 3.63) is 39.3 Å². The van der Waals surface area contributed by atoms with Crippen molar-refractivity contribution in [3.8, 4) is 11.5 Å². The molecule has 154 valence electrons. The zero-order valence-corrected chi connectivity index (χ0v) is 17.6. The molecule has 1 fully saturated rings. The second-order valence-electron chi connectivity index (χ2n) is 8.34. The fourth-order valence-electron chi connectivity index (χ4n) is 4.93. The first-order valence-corrected chi connectivity index (χ1v) is 11.7. The van der Waals surface area contributed by atoms with Crippen LogP contribution in [0.25, 0.3) is 0 Å². The van der Waals surface area contributed by atoms with Crippen LogP contribution in [0.2, 0.25) is 0 Å². The number of aryl methyl sites for hydroxylation is 2. The second-order valence-corrected chi connectivity index (χ2v) is 9.51. The second kappa shape index (κ2) is 7.98. The summed E-state index contributed by atoms with van der Waals surface area (Å²) >= 11 is 1.84. The van der Waals surface area contributed by atoms with Crippen LogP contribution in [0.3, 0.4) is 0 Å². The molecule has 0 unspecified atom stereocenters. The van der Waals surface area contributed by atoms with Crippen LogP contribution in [0.15, 0.2) is 18.2 Å². The number of carbonyl (C=O) groups is 1. The van der Waals surface area contributed by atoms with Crippen LogP contribution in [0, 0.1) is 0 Å². The number of benzene rings is 1.